The van der Waals surface area contributed by atoms with E-state index in [0.29, 0.717) is 36.7 Å². The van der Waals surface area contributed by atoms with Crippen molar-refractivity contribution in [3.8, 4) is 22.3 Å². The van der Waals surface area contributed by atoms with E-state index < -0.39 is 5.60 Å². The standard InChI is InChI=1S/C44H24Cl6O2/c45-24-5-1-22(2-6-24)13-32-34-15-26(47)9-11-30(34)40-36(32)17-28(49)19-38(40)42-43-44(52-43,21-51-42)39-20-29(50)18-37-33(14-23-3-7-25(46)8-4-23)35-16-27(48)10-12-31(35)41(37)39/h1-20,42-43H,21H2/b32-13?,33-14-. The molecule has 10 rings (SSSR count). The van der Waals surface area contributed by atoms with Gasteiger partial charge in [-0.1, -0.05) is 106 Å². The molecule has 0 radical (unpaired) electrons. The zero-order valence-electron chi connectivity index (χ0n) is 27.0. The van der Waals surface area contributed by atoms with Gasteiger partial charge in [-0.2, -0.15) is 0 Å². The average molecular weight is 797 g/mol. The Morgan fingerprint density at radius 3 is 1.52 bits per heavy atom. The number of epoxide rings is 1. The quantitative estimate of drug-likeness (QED) is 0.166. The fourth-order valence-corrected chi connectivity index (χ4v) is 9.28. The SMILES string of the molecule is Clc1ccc(C=C2c3cc(Cl)ccc3-c3c2cc(Cl)cc3C2OCC3(c4cc(Cl)cc5c4-c4ccc(Cl)cc4/C5=C/c4ccc(Cl)cc4)OC23)cc1. The van der Waals surface area contributed by atoms with Gasteiger partial charge >= 0.3 is 0 Å². The van der Waals surface area contributed by atoms with Crippen molar-refractivity contribution < 1.29 is 9.47 Å². The number of halogens is 6. The number of hydrogen-bond donors (Lipinski definition) is 0. The highest BCUT2D eigenvalue weighted by Crippen LogP contribution is 2.64. The fraction of sp³-hybridized carbons (Fsp3) is 0.0909. The highest BCUT2D eigenvalue weighted by Gasteiger charge is 2.68. The Balaban J connectivity index is 1.10. The number of fused-ring (bicyclic) bond motifs is 7. The van der Waals surface area contributed by atoms with Crippen molar-refractivity contribution >= 4 is 92.9 Å². The molecule has 2 aliphatic heterocycles. The number of rotatable bonds is 4. The van der Waals surface area contributed by atoms with Crippen molar-refractivity contribution in [3.05, 3.63) is 184 Å². The summed E-state index contributed by atoms with van der Waals surface area (Å²) in [6.45, 7) is 0.358. The van der Waals surface area contributed by atoms with Gasteiger partial charge in [0.05, 0.1) is 6.61 Å². The first-order chi connectivity index (χ1) is 25.2. The summed E-state index contributed by atoms with van der Waals surface area (Å²) in [6, 6.07) is 35.7. The third-order valence-electron chi connectivity index (χ3n) is 10.5. The Hall–Kier alpha value is -3.54. The Morgan fingerprint density at radius 1 is 0.481 bits per heavy atom. The Morgan fingerprint density at radius 2 is 0.962 bits per heavy atom. The van der Waals surface area contributed by atoms with E-state index >= 15 is 0 Å². The number of benzene rings is 6. The Labute approximate surface area is 330 Å². The Bertz CT molecular complexity index is 2570. The molecule has 3 unspecified atom stereocenters. The summed E-state index contributed by atoms with van der Waals surface area (Å²) in [5.74, 6) is 0. The highest BCUT2D eigenvalue weighted by atomic mass is 35.5. The normalized spacial score (nSPS) is 22.0. The van der Waals surface area contributed by atoms with E-state index in [4.69, 9.17) is 79.1 Å². The summed E-state index contributed by atoms with van der Waals surface area (Å²) in [6.07, 6.45) is 3.66. The van der Waals surface area contributed by atoms with Crippen molar-refractivity contribution in [2.45, 2.75) is 17.8 Å². The zero-order chi connectivity index (χ0) is 35.5. The average Bonchev–Trinajstić information content (AvgIpc) is 3.47. The van der Waals surface area contributed by atoms with Gasteiger partial charge in [0, 0.05) is 30.1 Å². The first kappa shape index (κ1) is 33.1. The molecule has 2 fully saturated rings. The van der Waals surface area contributed by atoms with Crippen LogP contribution in [0.15, 0.2) is 109 Å². The van der Waals surface area contributed by atoms with Crippen LogP contribution in [0.1, 0.15) is 50.6 Å². The van der Waals surface area contributed by atoms with Gasteiger partial charge < -0.3 is 9.47 Å². The molecule has 0 aromatic heterocycles. The van der Waals surface area contributed by atoms with Crippen LogP contribution >= 0.6 is 69.6 Å². The van der Waals surface area contributed by atoms with Crippen LogP contribution in [0.25, 0.3) is 45.6 Å². The third-order valence-corrected chi connectivity index (χ3v) is 11.9. The summed E-state index contributed by atoms with van der Waals surface area (Å²) in [4.78, 5) is 0. The van der Waals surface area contributed by atoms with Gasteiger partial charge in [-0.05, 0) is 163 Å². The predicted molar refractivity (Wildman–Crippen MR) is 216 cm³/mol. The van der Waals surface area contributed by atoms with Crippen molar-refractivity contribution in [3.63, 3.8) is 0 Å². The van der Waals surface area contributed by atoms with Crippen LogP contribution in [0.5, 0.6) is 0 Å². The lowest BCUT2D eigenvalue weighted by atomic mass is 9.86. The van der Waals surface area contributed by atoms with Crippen molar-refractivity contribution in [1.29, 1.82) is 0 Å². The number of ether oxygens (including phenoxy) is 2. The molecule has 0 saturated carbocycles. The van der Waals surface area contributed by atoms with E-state index in [1.54, 1.807) is 0 Å². The summed E-state index contributed by atoms with van der Waals surface area (Å²) in [5, 5.41) is 3.91. The lowest BCUT2D eigenvalue weighted by Gasteiger charge is -2.18. The van der Waals surface area contributed by atoms with Gasteiger partial charge in [0.1, 0.15) is 17.8 Å². The molecule has 0 bridgehead atoms. The molecule has 2 heterocycles. The molecule has 4 aliphatic rings. The fourth-order valence-electron chi connectivity index (χ4n) is 8.24. The van der Waals surface area contributed by atoms with Crippen LogP contribution in [0.2, 0.25) is 30.1 Å². The zero-order valence-corrected chi connectivity index (χ0v) is 31.5. The van der Waals surface area contributed by atoms with E-state index in [1.807, 2.05) is 97.1 Å². The molecule has 0 N–H and O–H groups in total. The van der Waals surface area contributed by atoms with E-state index in [1.165, 1.54) is 0 Å². The molecule has 6 aromatic carbocycles. The second-order valence-corrected chi connectivity index (χ2v) is 16.2. The lowest BCUT2D eigenvalue weighted by molar-refractivity contribution is 0.00851. The number of hydrogen-bond acceptors (Lipinski definition) is 2. The topological polar surface area (TPSA) is 21.8 Å². The highest BCUT2D eigenvalue weighted by molar-refractivity contribution is 6.33. The van der Waals surface area contributed by atoms with Crippen LogP contribution in [-0.4, -0.2) is 12.7 Å². The first-order valence-electron chi connectivity index (χ1n) is 16.7. The second kappa shape index (κ2) is 12.2. The van der Waals surface area contributed by atoms with E-state index in [9.17, 15) is 0 Å². The van der Waals surface area contributed by atoms with Gasteiger partial charge in [-0.15, -0.1) is 0 Å². The minimum absolute atomic E-state index is 0.266. The van der Waals surface area contributed by atoms with Crippen LogP contribution in [0, 0.1) is 0 Å². The van der Waals surface area contributed by atoms with Gasteiger partial charge in [0.25, 0.3) is 0 Å². The van der Waals surface area contributed by atoms with E-state index in [0.717, 1.165) is 77.9 Å². The van der Waals surface area contributed by atoms with Crippen molar-refractivity contribution in [2.75, 3.05) is 6.61 Å². The molecule has 3 atom stereocenters. The lowest BCUT2D eigenvalue weighted by Crippen LogP contribution is -2.14. The minimum Gasteiger partial charge on any atom is -0.367 e. The van der Waals surface area contributed by atoms with Crippen molar-refractivity contribution in [2.24, 2.45) is 0 Å². The largest absolute Gasteiger partial charge is 0.367 e. The summed E-state index contributed by atoms with van der Waals surface area (Å²) < 4.78 is 13.5. The maximum Gasteiger partial charge on any atom is 0.147 e. The van der Waals surface area contributed by atoms with Gasteiger partial charge in [0.15, 0.2) is 0 Å². The van der Waals surface area contributed by atoms with Crippen LogP contribution in [0.3, 0.4) is 0 Å². The van der Waals surface area contributed by atoms with Crippen LogP contribution < -0.4 is 0 Å². The maximum absolute atomic E-state index is 6.95. The minimum atomic E-state index is -0.703. The summed E-state index contributed by atoms with van der Waals surface area (Å²) in [5.41, 5.74) is 13.8. The van der Waals surface area contributed by atoms with Gasteiger partial charge in [0.2, 0.25) is 0 Å². The van der Waals surface area contributed by atoms with Gasteiger partial charge in [-0.25, -0.2) is 0 Å². The van der Waals surface area contributed by atoms with E-state index in [-0.39, 0.29) is 12.2 Å². The molecule has 2 aliphatic carbocycles. The molecule has 0 amide bonds. The molecular weight excluding hydrogens is 773 g/mol. The van der Waals surface area contributed by atoms with E-state index in [2.05, 4.69) is 24.3 Å². The van der Waals surface area contributed by atoms with Crippen LogP contribution in [0.4, 0.5) is 0 Å². The van der Waals surface area contributed by atoms with Crippen LogP contribution in [-0.2, 0) is 15.1 Å². The molecule has 2 saturated heterocycles. The summed E-state index contributed by atoms with van der Waals surface area (Å²) >= 11 is 39.5. The van der Waals surface area contributed by atoms with Crippen molar-refractivity contribution in [1.82, 2.24) is 0 Å². The maximum atomic E-state index is 6.95. The molecule has 52 heavy (non-hydrogen) atoms. The molecule has 6 aromatic rings. The second-order valence-electron chi connectivity index (χ2n) is 13.6. The predicted octanol–water partition coefficient (Wildman–Crippen LogP) is 14.1. The first-order valence-corrected chi connectivity index (χ1v) is 19.0. The Kier molecular flexibility index (Phi) is 7.79. The molecule has 254 valence electrons. The molecule has 8 heteroatoms. The summed E-state index contributed by atoms with van der Waals surface area (Å²) in [7, 11) is 0. The third kappa shape index (κ3) is 5.23. The van der Waals surface area contributed by atoms with Gasteiger partial charge in [-0.3, -0.25) is 0 Å². The smallest absolute Gasteiger partial charge is 0.147 e. The molecule has 0 spiro atoms. The molecule has 2 nitrogen and oxygen atoms in total. The monoisotopic (exact) mass is 794 g/mol. The molecular formula is C44H24Cl6O2.